The Labute approximate surface area is 420 Å². The third-order valence-electron chi connectivity index (χ3n) is 12.6. The van der Waals surface area contributed by atoms with Crippen molar-refractivity contribution in [3.63, 3.8) is 0 Å². The van der Waals surface area contributed by atoms with E-state index in [-0.39, 0.29) is 25.3 Å². The number of benzene rings is 4. The molecule has 2 saturated heterocycles. The minimum absolute atomic E-state index is 0.129. The lowest BCUT2D eigenvalue weighted by atomic mass is 10.1. The second-order valence-corrected chi connectivity index (χ2v) is 18.5. The van der Waals surface area contributed by atoms with Crippen LogP contribution in [0.15, 0.2) is 97.6 Å². The molecule has 73 heavy (non-hydrogen) atoms. The van der Waals surface area contributed by atoms with Crippen molar-refractivity contribution in [1.82, 2.24) is 59.9 Å². The first kappa shape index (κ1) is 49.7. The highest BCUT2D eigenvalue weighted by Gasteiger charge is 2.29. The number of H-pyrrole nitrogens is 2. The molecule has 372 valence electrons. The van der Waals surface area contributed by atoms with Gasteiger partial charge in [0.25, 0.3) is 5.91 Å². The Balaban J connectivity index is 0.000000181. The number of amides is 1. The van der Waals surface area contributed by atoms with Crippen LogP contribution >= 0.6 is 0 Å². The normalized spacial score (nSPS) is 14.3. The number of piperidine rings is 2. The van der Waals surface area contributed by atoms with Gasteiger partial charge in [0.1, 0.15) is 71.2 Å². The highest BCUT2D eigenvalue weighted by molar-refractivity contribution is 5.90. The van der Waals surface area contributed by atoms with Gasteiger partial charge in [-0.05, 0) is 102 Å². The van der Waals surface area contributed by atoms with Crippen molar-refractivity contribution in [2.24, 2.45) is 0 Å². The summed E-state index contributed by atoms with van der Waals surface area (Å²) in [4.78, 5) is 50.6. The van der Waals surface area contributed by atoms with Crippen LogP contribution in [0.4, 0.5) is 8.78 Å². The van der Waals surface area contributed by atoms with Crippen molar-refractivity contribution in [3.05, 3.63) is 120 Å². The second kappa shape index (κ2) is 22.5. The van der Waals surface area contributed by atoms with E-state index in [0.29, 0.717) is 75.1 Å². The minimum atomic E-state index is -3.01. The van der Waals surface area contributed by atoms with Crippen molar-refractivity contribution in [2.45, 2.75) is 57.4 Å². The van der Waals surface area contributed by atoms with Gasteiger partial charge in [0.2, 0.25) is 0 Å². The van der Waals surface area contributed by atoms with Crippen molar-refractivity contribution in [3.8, 4) is 68.9 Å². The number of carbonyl (C=O) groups is 1. The smallest absolute Gasteiger partial charge is 0.315 e. The summed E-state index contributed by atoms with van der Waals surface area (Å²) in [6, 6.07) is 31.8. The van der Waals surface area contributed by atoms with Crippen LogP contribution in [-0.2, 0) is 17.9 Å². The Hall–Kier alpha value is -8.23. The van der Waals surface area contributed by atoms with Crippen LogP contribution in [0.2, 0.25) is 0 Å². The number of aromatic nitrogens is 8. The molecular formula is C54H54F2N14O3. The molecule has 0 atom stereocenters. The number of aromatic amines is 2. The van der Waals surface area contributed by atoms with Gasteiger partial charge in [-0.15, -0.1) is 0 Å². The molecule has 17 nitrogen and oxygen atoms in total. The fourth-order valence-corrected chi connectivity index (χ4v) is 8.97. The highest BCUT2D eigenvalue weighted by Crippen LogP contribution is 2.34. The monoisotopic (exact) mass is 984 g/mol. The van der Waals surface area contributed by atoms with Gasteiger partial charge in [0.05, 0.1) is 22.5 Å². The zero-order valence-electron chi connectivity index (χ0n) is 40.9. The summed E-state index contributed by atoms with van der Waals surface area (Å²) < 4.78 is 37.6. The summed E-state index contributed by atoms with van der Waals surface area (Å²) >= 11 is 0. The molecule has 4 aromatic carbocycles. The van der Waals surface area contributed by atoms with Crippen LogP contribution in [0.1, 0.15) is 47.9 Å². The largest absolute Gasteiger partial charge is 0.489 e. The van der Waals surface area contributed by atoms with Crippen LogP contribution in [0, 0.1) is 22.7 Å². The quantitative estimate of drug-likeness (QED) is 0.0999. The SMILES string of the molecule is CN(C)Cc1ccc(-c2nc3ncnc(-c4ccc(OC5CCN(C(=O)C(F)F)CC5)c(C#N)c4)c3[nH]2)cc1.CN(C)Cc1ccc(-c2nc3ncnc(-c4ccc(OC5CCNCC5)c(C#N)c4)c3[nH]2)cc1. The number of nitrogens with zero attached hydrogens (tertiary/aromatic N) is 11. The van der Waals surface area contributed by atoms with Gasteiger partial charge < -0.3 is 39.5 Å². The van der Waals surface area contributed by atoms with Crippen LogP contribution in [-0.4, -0.2) is 133 Å². The third-order valence-corrected chi connectivity index (χ3v) is 12.6. The number of imidazole rings is 2. The van der Waals surface area contributed by atoms with E-state index in [9.17, 15) is 24.1 Å². The topological polar surface area (TPSA) is 214 Å². The lowest BCUT2D eigenvalue weighted by Crippen LogP contribution is -2.44. The minimum Gasteiger partial charge on any atom is -0.489 e. The maximum absolute atomic E-state index is 12.7. The van der Waals surface area contributed by atoms with Gasteiger partial charge in [-0.3, -0.25) is 4.79 Å². The molecule has 2 aliphatic heterocycles. The molecule has 0 saturated carbocycles. The lowest BCUT2D eigenvalue weighted by Gasteiger charge is -2.32. The van der Waals surface area contributed by atoms with Gasteiger partial charge in [-0.25, -0.2) is 29.9 Å². The summed E-state index contributed by atoms with van der Waals surface area (Å²) in [7, 11) is 8.15. The zero-order chi connectivity index (χ0) is 51.0. The Kier molecular flexibility index (Phi) is 15.3. The van der Waals surface area contributed by atoms with Crippen molar-refractivity contribution in [1.29, 1.82) is 10.5 Å². The number of ether oxygens (including phenoxy) is 2. The lowest BCUT2D eigenvalue weighted by molar-refractivity contribution is -0.144. The molecule has 6 heterocycles. The number of nitriles is 2. The first-order chi connectivity index (χ1) is 35.4. The molecular weight excluding hydrogens is 931 g/mol. The molecule has 8 aromatic rings. The maximum Gasteiger partial charge on any atom is 0.315 e. The number of likely N-dealkylation sites (tertiary alicyclic amines) is 1. The van der Waals surface area contributed by atoms with Crippen molar-refractivity contribution >= 4 is 28.2 Å². The maximum atomic E-state index is 12.7. The summed E-state index contributed by atoms with van der Waals surface area (Å²) in [6.07, 6.45) is 2.47. The van der Waals surface area contributed by atoms with Crippen LogP contribution < -0.4 is 14.8 Å². The average Bonchev–Trinajstić information content (AvgIpc) is 4.05. The Bertz CT molecular complexity index is 3290. The fourth-order valence-electron chi connectivity index (χ4n) is 8.97. The van der Waals surface area contributed by atoms with Crippen LogP contribution in [0.3, 0.4) is 0 Å². The summed E-state index contributed by atoms with van der Waals surface area (Å²) in [5.74, 6) is 1.26. The Morgan fingerprint density at radius 3 is 1.48 bits per heavy atom. The molecule has 2 fully saturated rings. The molecule has 0 bridgehead atoms. The molecule has 4 aromatic heterocycles. The zero-order valence-corrected chi connectivity index (χ0v) is 40.9. The van der Waals surface area contributed by atoms with E-state index in [2.05, 4.69) is 118 Å². The van der Waals surface area contributed by atoms with Crippen molar-refractivity contribution in [2.75, 3.05) is 54.4 Å². The predicted octanol–water partition coefficient (Wildman–Crippen LogP) is 8.01. The van der Waals surface area contributed by atoms with Crippen molar-refractivity contribution < 1.29 is 23.0 Å². The molecule has 3 N–H and O–H groups in total. The number of fused-ring (bicyclic) bond motifs is 2. The van der Waals surface area contributed by atoms with E-state index in [1.807, 2.05) is 50.5 Å². The summed E-state index contributed by atoms with van der Waals surface area (Å²) in [5.41, 5.74) is 10.5. The predicted molar refractivity (Wildman–Crippen MR) is 272 cm³/mol. The van der Waals surface area contributed by atoms with E-state index in [0.717, 1.165) is 72.0 Å². The molecule has 1 amide bonds. The second-order valence-electron chi connectivity index (χ2n) is 18.5. The van der Waals surface area contributed by atoms with Gasteiger partial charge in [-0.1, -0.05) is 48.5 Å². The molecule has 2 aliphatic rings. The van der Waals surface area contributed by atoms with Gasteiger partial charge >= 0.3 is 6.43 Å². The van der Waals surface area contributed by atoms with E-state index >= 15 is 0 Å². The standard InChI is InChI=1S/C28H27F2N7O2.C26H27N7O/c1-36(2)15-17-3-5-18(6-4-17)26-34-24-23(32-16-33-27(24)35-26)19-7-8-22(20(13-19)14-31)39-21-9-11-37(12-10-21)28(38)25(29)30;1-33(2)15-17-3-5-18(6-4-17)25-31-24-23(29-16-30-26(24)32-25)19-7-8-22(20(13-19)14-27)34-21-9-11-28-12-10-21/h3-8,13,16,21,25H,9-12,15H2,1-2H3,(H,32,33,34,35);3-8,13,16,21,28H,9-12,15H2,1-2H3,(H,29,30,31,32). The van der Waals surface area contributed by atoms with E-state index in [1.165, 1.54) is 23.8 Å². The number of hydrogen-bond donors (Lipinski definition) is 3. The molecule has 19 heteroatoms. The van der Waals surface area contributed by atoms with E-state index < -0.39 is 12.3 Å². The van der Waals surface area contributed by atoms with Gasteiger partial charge in [0.15, 0.2) is 11.3 Å². The molecule has 0 aliphatic carbocycles. The number of hydrogen-bond acceptors (Lipinski definition) is 14. The Morgan fingerprint density at radius 2 is 1.07 bits per heavy atom. The van der Waals surface area contributed by atoms with E-state index in [4.69, 9.17) is 9.47 Å². The van der Waals surface area contributed by atoms with Gasteiger partial charge in [-0.2, -0.15) is 19.3 Å². The van der Waals surface area contributed by atoms with Gasteiger partial charge in [0, 0.05) is 61.3 Å². The molecule has 0 unspecified atom stereocenters. The first-order valence-corrected chi connectivity index (χ1v) is 24.0. The van der Waals surface area contributed by atoms with Crippen LogP contribution in [0.5, 0.6) is 11.5 Å². The number of halogens is 2. The average molecular weight is 985 g/mol. The fraction of sp³-hybridized carbons (Fsp3) is 0.315. The third kappa shape index (κ3) is 11.8. The number of nitrogens with one attached hydrogen (secondary N) is 3. The molecule has 0 radical (unpaired) electrons. The van der Waals surface area contributed by atoms with E-state index in [1.54, 1.807) is 12.1 Å². The number of carbonyl (C=O) groups excluding carboxylic acids is 1. The highest BCUT2D eigenvalue weighted by atomic mass is 19.3. The number of rotatable bonds is 13. The summed E-state index contributed by atoms with van der Waals surface area (Å²) in [6.45, 7) is 3.97. The van der Waals surface area contributed by atoms with Crippen LogP contribution in [0.25, 0.3) is 67.6 Å². The molecule has 10 rings (SSSR count). The Morgan fingerprint density at radius 1 is 0.644 bits per heavy atom. The number of alkyl halides is 2. The summed E-state index contributed by atoms with van der Waals surface area (Å²) in [5, 5.41) is 22.9. The first-order valence-electron chi connectivity index (χ1n) is 24.0. The molecule has 0 spiro atoms.